The maximum Gasteiger partial charge on any atom is 0.315 e. The van der Waals surface area contributed by atoms with Crippen molar-refractivity contribution in [3.8, 4) is 0 Å². The molecule has 5 aliphatic carbocycles. The summed E-state index contributed by atoms with van der Waals surface area (Å²) >= 11 is 0. The quantitative estimate of drug-likeness (QED) is 0.0766. The molecule has 3 saturated heterocycles. The van der Waals surface area contributed by atoms with Gasteiger partial charge in [-0.25, -0.2) is 0 Å². The van der Waals surface area contributed by atoms with Crippen LogP contribution in [0.15, 0.2) is 11.6 Å². The second-order valence-electron chi connectivity index (χ2n) is 22.8. The van der Waals surface area contributed by atoms with E-state index in [0.717, 1.165) is 24.8 Å². The summed E-state index contributed by atoms with van der Waals surface area (Å²) in [5.41, 5.74) is -3.59. The normalized spacial score (nSPS) is 55.9. The molecule has 8 aliphatic rings. The highest BCUT2D eigenvalue weighted by molar-refractivity contribution is 5.79. The van der Waals surface area contributed by atoms with Crippen LogP contribution < -0.4 is 0 Å². The number of hydrogen-bond acceptors (Lipinski definition) is 19. The minimum Gasteiger partial charge on any atom is -0.432 e. The van der Waals surface area contributed by atoms with Crippen molar-refractivity contribution in [2.75, 3.05) is 19.8 Å². The van der Waals surface area contributed by atoms with Crippen molar-refractivity contribution in [2.45, 2.75) is 204 Å². The number of esters is 1. The highest BCUT2D eigenvalue weighted by Crippen LogP contribution is 2.76. The van der Waals surface area contributed by atoms with E-state index in [4.69, 9.17) is 28.4 Å². The van der Waals surface area contributed by atoms with Gasteiger partial charge < -0.3 is 89.7 Å². The highest BCUT2D eigenvalue weighted by Gasteiger charge is 2.73. The van der Waals surface area contributed by atoms with E-state index in [1.54, 1.807) is 13.8 Å². The Morgan fingerprint density at radius 1 is 0.697 bits per heavy atom. The standard InChI is InChI=1S/C47H76O19/c1-20-22(50)16-47(41(59)66-40-34(57)32(55)30(53)25(18-49)63-40)15-14-44(5)21(37(47)46(20,7)60)8-9-27-43(4)12-11-28(42(2,3)26(43)10-13-45(27,44)6)64-38-35(58)36(23(51)19-61-38)65-39-33(56)31(54)29(52)24(17-48)62-39/h8,20,22-40,48-58,60H,9-19H2,1-7H3/t20-,22-,23+,24-,25-,26?,27?,28+,29-,30-,31+,32+,33-,34-,35-,36+,37?,38+,39+,40+,43+,44-,45-,46-,47-/m1/s1. The Morgan fingerprint density at radius 3 is 1.92 bits per heavy atom. The lowest BCUT2D eigenvalue weighted by Crippen LogP contribution is -2.70. The molecule has 3 heterocycles. The van der Waals surface area contributed by atoms with Gasteiger partial charge in [-0.3, -0.25) is 4.79 Å². The molecule has 0 bridgehead atoms. The molecule has 8 rings (SSSR count). The van der Waals surface area contributed by atoms with Crippen molar-refractivity contribution < 1.29 is 94.5 Å². The second kappa shape index (κ2) is 17.7. The predicted molar refractivity (Wildman–Crippen MR) is 227 cm³/mol. The SMILES string of the molecule is C[C@@H]1[C@H](O)C[C@]2(C(=O)O[C@@H]3O[C@H](CO)[C@@H](O)[C@H](O)[C@H]3O)CC[C@]3(C)C(=CCC4[C@@]5(C)CC[C@H](O[C@@H]6OC[C@H](O)[C@H](O[C@@H]7O[C@H](CO)[C@@H](O)[C@H](O)[C@H]7O)[C@H]6O)C(C)(C)C5CC[C@]43C)C2[C@]1(C)O. The molecule has 0 aromatic rings. The Bertz CT molecular complexity index is 1810. The smallest absolute Gasteiger partial charge is 0.315 e. The molecule has 0 aromatic heterocycles. The average molecular weight is 945 g/mol. The van der Waals surface area contributed by atoms with Crippen molar-refractivity contribution in [3.05, 3.63) is 11.6 Å². The molecule has 0 aromatic carbocycles. The molecular weight excluding hydrogens is 868 g/mol. The van der Waals surface area contributed by atoms with Gasteiger partial charge in [0.2, 0.25) is 6.29 Å². The number of aliphatic hydroxyl groups is 12. The molecule has 7 fully saturated rings. The zero-order valence-corrected chi connectivity index (χ0v) is 39.1. The minimum atomic E-state index is -1.82. The Hall–Kier alpha value is -1.47. The third-order valence-corrected chi connectivity index (χ3v) is 19.4. The predicted octanol–water partition coefficient (Wildman–Crippen LogP) is -1.28. The maximum absolute atomic E-state index is 14.8. The van der Waals surface area contributed by atoms with E-state index < -0.39 is 151 Å². The lowest BCUT2D eigenvalue weighted by atomic mass is 9.33. The summed E-state index contributed by atoms with van der Waals surface area (Å²) in [6.07, 6.45) is -16.6. The van der Waals surface area contributed by atoms with Crippen molar-refractivity contribution in [1.29, 1.82) is 0 Å². The van der Waals surface area contributed by atoms with Crippen LogP contribution in [0.25, 0.3) is 0 Å². The zero-order chi connectivity index (χ0) is 48.4. The molecule has 0 radical (unpaired) electrons. The van der Waals surface area contributed by atoms with Crippen molar-refractivity contribution >= 4 is 5.97 Å². The largest absolute Gasteiger partial charge is 0.432 e. The van der Waals surface area contributed by atoms with E-state index in [2.05, 4.69) is 40.7 Å². The Kier molecular flexibility index (Phi) is 13.6. The van der Waals surface area contributed by atoms with Crippen LogP contribution in [0.3, 0.4) is 0 Å². The van der Waals surface area contributed by atoms with Crippen LogP contribution >= 0.6 is 0 Å². The van der Waals surface area contributed by atoms with Crippen molar-refractivity contribution in [3.63, 3.8) is 0 Å². The molecule has 3 aliphatic heterocycles. The maximum atomic E-state index is 14.8. The van der Waals surface area contributed by atoms with E-state index in [1.807, 2.05) is 0 Å². The van der Waals surface area contributed by atoms with E-state index in [0.29, 0.717) is 19.3 Å². The van der Waals surface area contributed by atoms with Gasteiger partial charge in [-0.15, -0.1) is 0 Å². The molecule has 3 unspecified atom stereocenters. The molecule has 66 heavy (non-hydrogen) atoms. The number of carbonyl (C=O) groups excluding carboxylic acids is 1. The van der Waals surface area contributed by atoms with Crippen molar-refractivity contribution in [1.82, 2.24) is 0 Å². The topological polar surface area (TPSA) is 315 Å². The van der Waals surface area contributed by atoms with Crippen LogP contribution in [0.2, 0.25) is 0 Å². The van der Waals surface area contributed by atoms with E-state index >= 15 is 0 Å². The summed E-state index contributed by atoms with van der Waals surface area (Å²) in [6, 6.07) is 0. The van der Waals surface area contributed by atoms with Crippen LogP contribution in [0.1, 0.15) is 99.8 Å². The van der Waals surface area contributed by atoms with E-state index in [-0.39, 0.29) is 42.1 Å². The van der Waals surface area contributed by atoms with Gasteiger partial charge in [-0.2, -0.15) is 0 Å². The monoisotopic (exact) mass is 944 g/mol. The number of ether oxygens (including phenoxy) is 6. The lowest BCUT2D eigenvalue weighted by molar-refractivity contribution is -0.357. The van der Waals surface area contributed by atoms with Gasteiger partial charge in [0.25, 0.3) is 0 Å². The Balaban J connectivity index is 1.03. The van der Waals surface area contributed by atoms with Crippen LogP contribution in [0, 0.1) is 50.7 Å². The Morgan fingerprint density at radius 2 is 1.30 bits per heavy atom. The number of allylic oxidation sites excluding steroid dienone is 1. The average Bonchev–Trinajstić information content (AvgIpc) is 3.26. The first kappa shape index (κ1) is 50.9. The molecule has 378 valence electrons. The summed E-state index contributed by atoms with van der Waals surface area (Å²) in [7, 11) is 0. The second-order valence-corrected chi connectivity index (χ2v) is 22.8. The Labute approximate surface area is 385 Å². The summed E-state index contributed by atoms with van der Waals surface area (Å²) in [5.74, 6) is -1.93. The van der Waals surface area contributed by atoms with Crippen molar-refractivity contribution in [2.24, 2.45) is 50.7 Å². The summed E-state index contributed by atoms with van der Waals surface area (Å²) in [4.78, 5) is 14.8. The summed E-state index contributed by atoms with van der Waals surface area (Å²) in [6.45, 7) is 13.1. The first-order valence-corrected chi connectivity index (χ1v) is 24.0. The van der Waals surface area contributed by atoms with E-state index in [1.165, 1.54) is 0 Å². The number of carbonyl (C=O) groups is 1. The van der Waals surface area contributed by atoms with Gasteiger partial charge in [-0.05, 0) is 91.8 Å². The molecule has 19 nitrogen and oxygen atoms in total. The zero-order valence-electron chi connectivity index (χ0n) is 39.1. The molecule has 19 heteroatoms. The van der Waals surface area contributed by atoms with Gasteiger partial charge in [0, 0.05) is 11.8 Å². The van der Waals surface area contributed by atoms with Gasteiger partial charge in [0.1, 0.15) is 67.1 Å². The van der Waals surface area contributed by atoms with E-state index in [9.17, 15) is 66.1 Å². The van der Waals surface area contributed by atoms with Crippen LogP contribution in [-0.4, -0.2) is 191 Å². The number of fused-ring (bicyclic) bond motifs is 7. The molecular formula is C47H76O19. The van der Waals surface area contributed by atoms with Gasteiger partial charge in [0.05, 0.1) is 43.0 Å². The molecule has 0 amide bonds. The molecule has 4 saturated carbocycles. The third-order valence-electron chi connectivity index (χ3n) is 19.4. The molecule has 12 N–H and O–H groups in total. The number of hydrogen-bond donors (Lipinski definition) is 12. The lowest BCUT2D eigenvalue weighted by Gasteiger charge is -2.72. The third kappa shape index (κ3) is 7.51. The fourth-order valence-corrected chi connectivity index (χ4v) is 15.1. The first-order valence-electron chi connectivity index (χ1n) is 24.0. The summed E-state index contributed by atoms with van der Waals surface area (Å²) < 4.78 is 35.3. The highest BCUT2D eigenvalue weighted by atomic mass is 16.7. The van der Waals surface area contributed by atoms with Gasteiger partial charge in [-0.1, -0.05) is 53.2 Å². The van der Waals surface area contributed by atoms with Gasteiger partial charge >= 0.3 is 5.97 Å². The fraction of sp³-hybridized carbons (Fsp3) is 0.936. The van der Waals surface area contributed by atoms with Gasteiger partial charge in [0.15, 0.2) is 12.6 Å². The number of aliphatic hydroxyl groups excluding tert-OH is 11. The van der Waals surface area contributed by atoms with Crippen LogP contribution in [-0.2, 0) is 33.2 Å². The summed E-state index contributed by atoms with van der Waals surface area (Å²) in [5, 5.41) is 129. The van der Waals surface area contributed by atoms with Crippen LogP contribution in [0.5, 0.6) is 0 Å². The fourth-order valence-electron chi connectivity index (χ4n) is 15.1. The first-order chi connectivity index (χ1) is 30.8. The number of rotatable bonds is 8. The minimum absolute atomic E-state index is 0.0207. The molecule has 25 atom stereocenters. The molecule has 0 spiro atoms. The van der Waals surface area contributed by atoms with Crippen LogP contribution in [0.4, 0.5) is 0 Å².